The highest BCUT2D eigenvalue weighted by Gasteiger charge is 2.36. The molecule has 1 aliphatic rings. The van der Waals surface area contributed by atoms with Gasteiger partial charge in [0.1, 0.15) is 11.2 Å². The van der Waals surface area contributed by atoms with Crippen molar-refractivity contribution < 1.29 is 37.3 Å². The number of carbonyl (C=O) groups is 2. The lowest BCUT2D eigenvalue weighted by Gasteiger charge is -2.35. The summed E-state index contributed by atoms with van der Waals surface area (Å²) in [6.45, 7) is 9.09. The minimum absolute atomic E-state index is 0.200. The Morgan fingerprint density at radius 1 is 0.919 bits per heavy atom. The molecule has 0 aliphatic carbocycles. The first-order valence-electron chi connectivity index (χ1n) is 11.6. The van der Waals surface area contributed by atoms with Crippen LogP contribution < -0.4 is 4.90 Å². The van der Waals surface area contributed by atoms with Gasteiger partial charge in [-0.1, -0.05) is 23.9 Å². The molecule has 1 heterocycles. The van der Waals surface area contributed by atoms with Gasteiger partial charge in [0.15, 0.2) is 0 Å². The number of alkyl halides is 3. The van der Waals surface area contributed by atoms with Crippen molar-refractivity contribution in [3.63, 3.8) is 0 Å². The molecule has 1 unspecified atom stereocenters. The van der Waals surface area contributed by atoms with E-state index in [1.54, 1.807) is 58.6 Å². The molecule has 0 spiro atoms. The van der Waals surface area contributed by atoms with E-state index >= 15 is 0 Å². The van der Waals surface area contributed by atoms with Gasteiger partial charge in [-0.15, -0.1) is 0 Å². The van der Waals surface area contributed by atoms with Crippen LogP contribution >= 0.6 is 11.8 Å². The van der Waals surface area contributed by atoms with Gasteiger partial charge in [0.2, 0.25) is 0 Å². The molecule has 37 heavy (non-hydrogen) atoms. The van der Waals surface area contributed by atoms with Crippen LogP contribution in [0.15, 0.2) is 52.3 Å². The van der Waals surface area contributed by atoms with E-state index in [4.69, 9.17) is 9.47 Å². The molecule has 1 N–H and O–H groups in total. The van der Waals surface area contributed by atoms with Gasteiger partial charge < -0.3 is 19.5 Å². The predicted octanol–water partition coefficient (Wildman–Crippen LogP) is 6.84. The topological polar surface area (TPSA) is 79.3 Å². The van der Waals surface area contributed by atoms with Gasteiger partial charge in [0, 0.05) is 9.79 Å². The fourth-order valence-electron chi connectivity index (χ4n) is 3.54. The van der Waals surface area contributed by atoms with Crippen LogP contribution in [0.4, 0.5) is 34.1 Å². The molecule has 11 heteroatoms. The molecule has 202 valence electrons. The van der Waals surface area contributed by atoms with Crippen molar-refractivity contribution in [2.24, 2.45) is 0 Å². The minimum atomic E-state index is -4.55. The number of aliphatic hydroxyl groups is 1. The Morgan fingerprint density at radius 3 is 2.00 bits per heavy atom. The Balaban J connectivity index is 1.93. The fourth-order valence-corrected chi connectivity index (χ4v) is 4.62. The Bertz CT molecular complexity index is 1130. The van der Waals surface area contributed by atoms with Crippen molar-refractivity contribution in [1.29, 1.82) is 0 Å². The number of carbonyl (C=O) groups excluding carboxylic acids is 2. The first-order chi connectivity index (χ1) is 16.9. The van der Waals surface area contributed by atoms with Crippen LogP contribution in [0.25, 0.3) is 0 Å². The van der Waals surface area contributed by atoms with E-state index in [-0.39, 0.29) is 12.2 Å². The molecule has 1 aliphatic heterocycles. The van der Waals surface area contributed by atoms with Crippen molar-refractivity contribution in [2.75, 3.05) is 18.0 Å². The number of para-hydroxylation sites is 1. The SMILES string of the molecule is CC(C)(C)OC(=O)N(CC(O)CN1c2ccccc2Sc2ccc(C(F)(F)F)cc21)C(=O)OC(C)(C)C. The maximum absolute atomic E-state index is 13.5. The second-order valence-electron chi connectivity index (χ2n) is 10.6. The number of rotatable bonds is 4. The molecular weight excluding hydrogens is 509 g/mol. The number of imide groups is 1. The van der Waals surface area contributed by atoms with Crippen molar-refractivity contribution >= 4 is 35.3 Å². The van der Waals surface area contributed by atoms with E-state index in [0.717, 1.165) is 17.0 Å². The summed E-state index contributed by atoms with van der Waals surface area (Å²) in [7, 11) is 0. The third kappa shape index (κ3) is 7.54. The number of aliphatic hydroxyl groups excluding tert-OH is 1. The predicted molar refractivity (Wildman–Crippen MR) is 134 cm³/mol. The van der Waals surface area contributed by atoms with Crippen molar-refractivity contribution in [3.05, 3.63) is 48.0 Å². The molecule has 1 atom stereocenters. The van der Waals surface area contributed by atoms with E-state index in [0.29, 0.717) is 15.5 Å². The zero-order valence-electron chi connectivity index (χ0n) is 21.5. The number of hydrogen-bond donors (Lipinski definition) is 1. The summed E-state index contributed by atoms with van der Waals surface area (Å²) >= 11 is 1.32. The van der Waals surface area contributed by atoms with Gasteiger partial charge in [-0.2, -0.15) is 13.2 Å². The smallest absolute Gasteiger partial charge is 0.419 e. The average Bonchev–Trinajstić information content (AvgIpc) is 2.73. The lowest BCUT2D eigenvalue weighted by Crippen LogP contribution is -2.48. The highest BCUT2D eigenvalue weighted by atomic mass is 32.2. The molecule has 0 saturated carbocycles. The van der Waals surface area contributed by atoms with Crippen LogP contribution in [0.3, 0.4) is 0 Å². The van der Waals surface area contributed by atoms with Gasteiger partial charge >= 0.3 is 18.4 Å². The summed E-state index contributed by atoms with van der Waals surface area (Å²) in [4.78, 5) is 29.2. The number of anilines is 2. The van der Waals surface area contributed by atoms with E-state index in [9.17, 15) is 27.9 Å². The van der Waals surface area contributed by atoms with Gasteiger partial charge in [0.05, 0.1) is 36.1 Å². The molecule has 3 rings (SSSR count). The average molecular weight is 541 g/mol. The first-order valence-corrected chi connectivity index (χ1v) is 12.4. The second-order valence-corrected chi connectivity index (χ2v) is 11.7. The number of fused-ring (bicyclic) bond motifs is 2. The Labute approximate surface area is 218 Å². The molecule has 2 aromatic carbocycles. The molecule has 0 aromatic heterocycles. The number of ether oxygens (including phenoxy) is 2. The Kier molecular flexibility index (Phi) is 8.09. The van der Waals surface area contributed by atoms with E-state index < -0.39 is 47.8 Å². The summed E-state index contributed by atoms with van der Waals surface area (Å²) in [5, 5.41) is 11.0. The Hall–Kier alpha value is -2.92. The van der Waals surface area contributed by atoms with Gasteiger partial charge in [-0.05, 0) is 71.9 Å². The molecule has 0 radical (unpaired) electrons. The zero-order valence-corrected chi connectivity index (χ0v) is 22.4. The zero-order chi connectivity index (χ0) is 27.8. The normalized spacial score (nSPS) is 14.4. The lowest BCUT2D eigenvalue weighted by molar-refractivity contribution is -0.137. The van der Waals surface area contributed by atoms with Crippen LogP contribution in [0.2, 0.25) is 0 Å². The molecule has 2 amide bonds. The molecule has 0 bridgehead atoms. The maximum Gasteiger partial charge on any atom is 0.419 e. The molecule has 0 fully saturated rings. The number of β-amino-alcohol motifs (C(OH)–C–C–N with tert-alkyl or cyclic N) is 1. The summed E-state index contributed by atoms with van der Waals surface area (Å²) in [5.74, 6) is 0. The third-order valence-corrected chi connectivity index (χ3v) is 6.10. The summed E-state index contributed by atoms with van der Waals surface area (Å²) < 4.78 is 51.1. The molecular formula is C26H31F3N2O5S. The number of benzene rings is 2. The van der Waals surface area contributed by atoms with Crippen LogP contribution in [-0.4, -0.2) is 52.6 Å². The number of nitrogens with zero attached hydrogens (tertiary/aromatic N) is 2. The quantitative estimate of drug-likeness (QED) is 0.455. The largest absolute Gasteiger partial charge is 0.443 e. The monoisotopic (exact) mass is 540 g/mol. The minimum Gasteiger partial charge on any atom is -0.443 e. The van der Waals surface area contributed by atoms with Gasteiger partial charge in [-0.25, -0.2) is 14.5 Å². The van der Waals surface area contributed by atoms with Crippen molar-refractivity contribution in [3.8, 4) is 0 Å². The van der Waals surface area contributed by atoms with Crippen LogP contribution in [0.1, 0.15) is 47.1 Å². The third-order valence-electron chi connectivity index (χ3n) is 4.97. The fraction of sp³-hybridized carbons (Fsp3) is 0.462. The number of halogens is 3. The molecule has 2 aromatic rings. The van der Waals surface area contributed by atoms with E-state index in [1.807, 2.05) is 12.1 Å². The summed E-state index contributed by atoms with van der Waals surface area (Å²) in [6, 6.07) is 10.6. The lowest BCUT2D eigenvalue weighted by atomic mass is 10.1. The van der Waals surface area contributed by atoms with Gasteiger partial charge in [0.25, 0.3) is 0 Å². The van der Waals surface area contributed by atoms with Crippen LogP contribution in [0, 0.1) is 0 Å². The van der Waals surface area contributed by atoms with E-state index in [1.165, 1.54) is 17.8 Å². The molecule has 7 nitrogen and oxygen atoms in total. The van der Waals surface area contributed by atoms with E-state index in [2.05, 4.69) is 0 Å². The number of hydrogen-bond acceptors (Lipinski definition) is 7. The van der Waals surface area contributed by atoms with Crippen molar-refractivity contribution in [2.45, 2.75) is 74.8 Å². The highest BCUT2D eigenvalue weighted by molar-refractivity contribution is 7.99. The van der Waals surface area contributed by atoms with Gasteiger partial charge in [-0.3, -0.25) is 0 Å². The summed E-state index contributed by atoms with van der Waals surface area (Å²) in [5.41, 5.74) is -1.80. The summed E-state index contributed by atoms with van der Waals surface area (Å²) in [6.07, 6.45) is -7.91. The first kappa shape index (κ1) is 28.6. The molecule has 0 saturated heterocycles. The second kappa shape index (κ2) is 10.4. The van der Waals surface area contributed by atoms with Crippen LogP contribution in [0.5, 0.6) is 0 Å². The van der Waals surface area contributed by atoms with Crippen molar-refractivity contribution in [1.82, 2.24) is 4.90 Å². The standard InChI is InChI=1S/C26H31F3N2O5S/c1-24(2,3)35-22(33)31(23(34)36-25(4,5)6)15-17(32)14-30-18-9-7-8-10-20(18)37-21-12-11-16(13-19(21)30)26(27,28)29/h7-13,17,32H,14-15H2,1-6H3. The number of amides is 2. The van der Waals surface area contributed by atoms with Crippen LogP contribution in [-0.2, 0) is 15.7 Å². The maximum atomic E-state index is 13.5. The highest BCUT2D eigenvalue weighted by Crippen LogP contribution is 2.49. The Morgan fingerprint density at radius 2 is 1.46 bits per heavy atom.